The van der Waals surface area contributed by atoms with Crippen LogP contribution < -0.4 is 0 Å². The van der Waals surface area contributed by atoms with Crippen molar-refractivity contribution in [3.63, 3.8) is 0 Å². The van der Waals surface area contributed by atoms with Gasteiger partial charge in [0.15, 0.2) is 5.69 Å². The topological polar surface area (TPSA) is 98.3 Å². The summed E-state index contributed by atoms with van der Waals surface area (Å²) in [6.07, 6.45) is 1.43. The molecule has 2 aromatic rings. The van der Waals surface area contributed by atoms with Gasteiger partial charge in [0, 0.05) is 12.3 Å². The van der Waals surface area contributed by atoms with Gasteiger partial charge in [0.25, 0.3) is 5.69 Å². The van der Waals surface area contributed by atoms with Crippen LogP contribution in [0.25, 0.3) is 0 Å². The first-order valence-electron chi connectivity index (χ1n) is 5.17. The summed E-state index contributed by atoms with van der Waals surface area (Å²) in [5.74, 6) is -1.16. The molecule has 0 atom stereocenters. The summed E-state index contributed by atoms with van der Waals surface area (Å²) in [5.41, 5.74) is 0.0313. The van der Waals surface area contributed by atoms with Crippen LogP contribution in [-0.2, 0) is 6.54 Å². The van der Waals surface area contributed by atoms with Gasteiger partial charge in [-0.05, 0) is 12.1 Å². The van der Waals surface area contributed by atoms with Crippen molar-refractivity contribution in [2.24, 2.45) is 0 Å². The maximum absolute atomic E-state index is 10.9. The SMILES string of the molecule is O=C(O)c1ccn(Cc2c(Cl)cccc2[N+](=O)[O-])n1. The summed E-state index contributed by atoms with van der Waals surface area (Å²) in [4.78, 5) is 21.1. The number of nitro groups is 1. The first-order chi connectivity index (χ1) is 8.99. The Bertz CT molecular complexity index is 653. The summed E-state index contributed by atoms with van der Waals surface area (Å²) in [6, 6.07) is 5.66. The van der Waals surface area contributed by atoms with E-state index in [1.165, 1.54) is 35.1 Å². The Morgan fingerprint density at radius 3 is 2.79 bits per heavy atom. The zero-order chi connectivity index (χ0) is 14.0. The fourth-order valence-corrected chi connectivity index (χ4v) is 1.83. The molecule has 0 amide bonds. The Hall–Kier alpha value is -2.41. The standard InChI is InChI=1S/C11H8ClN3O4/c12-8-2-1-3-10(15(18)19)7(8)6-14-5-4-9(13-14)11(16)17/h1-5H,6H2,(H,16,17). The maximum atomic E-state index is 10.9. The van der Waals surface area contributed by atoms with E-state index in [0.29, 0.717) is 0 Å². The van der Waals surface area contributed by atoms with E-state index in [0.717, 1.165) is 0 Å². The highest BCUT2D eigenvalue weighted by molar-refractivity contribution is 6.31. The van der Waals surface area contributed by atoms with Gasteiger partial charge in [-0.25, -0.2) is 4.79 Å². The zero-order valence-electron chi connectivity index (χ0n) is 9.49. The largest absolute Gasteiger partial charge is 0.476 e. The fourth-order valence-electron chi connectivity index (χ4n) is 1.60. The van der Waals surface area contributed by atoms with Crippen LogP contribution in [0.3, 0.4) is 0 Å². The number of aromatic nitrogens is 2. The normalized spacial score (nSPS) is 10.4. The predicted molar refractivity (Wildman–Crippen MR) is 66.4 cm³/mol. The lowest BCUT2D eigenvalue weighted by atomic mass is 10.2. The van der Waals surface area contributed by atoms with Crippen LogP contribution in [0.1, 0.15) is 16.1 Å². The Morgan fingerprint density at radius 1 is 1.47 bits per heavy atom. The van der Waals surface area contributed by atoms with E-state index in [1.807, 2.05) is 0 Å². The molecule has 7 nitrogen and oxygen atoms in total. The van der Waals surface area contributed by atoms with Crippen LogP contribution in [0, 0.1) is 10.1 Å². The second kappa shape index (κ2) is 5.07. The van der Waals surface area contributed by atoms with Gasteiger partial charge < -0.3 is 5.11 Å². The Balaban J connectivity index is 2.37. The zero-order valence-corrected chi connectivity index (χ0v) is 10.2. The molecular formula is C11H8ClN3O4. The lowest BCUT2D eigenvalue weighted by Crippen LogP contribution is -2.06. The van der Waals surface area contributed by atoms with Crippen LogP contribution in [0.15, 0.2) is 30.5 Å². The van der Waals surface area contributed by atoms with Crippen LogP contribution >= 0.6 is 11.6 Å². The number of halogens is 1. The average molecular weight is 282 g/mol. The monoisotopic (exact) mass is 281 g/mol. The van der Waals surface area contributed by atoms with Crippen molar-refractivity contribution in [3.05, 3.63) is 56.9 Å². The molecule has 0 aliphatic rings. The van der Waals surface area contributed by atoms with E-state index in [4.69, 9.17) is 16.7 Å². The summed E-state index contributed by atoms with van der Waals surface area (Å²) in [6.45, 7) is 0.0310. The highest BCUT2D eigenvalue weighted by atomic mass is 35.5. The van der Waals surface area contributed by atoms with E-state index in [9.17, 15) is 14.9 Å². The van der Waals surface area contributed by atoms with Crippen LogP contribution in [0.4, 0.5) is 5.69 Å². The third kappa shape index (κ3) is 2.71. The molecule has 0 aliphatic heterocycles. The minimum absolute atomic E-state index is 0.0310. The molecule has 8 heteroatoms. The van der Waals surface area contributed by atoms with Crippen LogP contribution in [-0.4, -0.2) is 25.8 Å². The third-order valence-corrected chi connectivity index (χ3v) is 2.82. The highest BCUT2D eigenvalue weighted by Crippen LogP contribution is 2.26. The maximum Gasteiger partial charge on any atom is 0.356 e. The molecule has 19 heavy (non-hydrogen) atoms. The number of benzene rings is 1. The van der Waals surface area contributed by atoms with Crippen molar-refractivity contribution < 1.29 is 14.8 Å². The van der Waals surface area contributed by atoms with Gasteiger partial charge in [0.05, 0.1) is 22.1 Å². The van der Waals surface area contributed by atoms with Crippen molar-refractivity contribution in [1.29, 1.82) is 0 Å². The molecule has 0 saturated carbocycles. The summed E-state index contributed by atoms with van der Waals surface area (Å²) in [7, 11) is 0. The molecule has 2 rings (SSSR count). The molecular weight excluding hydrogens is 274 g/mol. The highest BCUT2D eigenvalue weighted by Gasteiger charge is 2.17. The van der Waals surface area contributed by atoms with Gasteiger partial charge in [0.1, 0.15) is 0 Å². The number of aromatic carboxylic acids is 1. The first-order valence-corrected chi connectivity index (χ1v) is 5.55. The van der Waals surface area contributed by atoms with E-state index in [1.54, 1.807) is 0 Å². The van der Waals surface area contributed by atoms with Crippen molar-refractivity contribution in [1.82, 2.24) is 9.78 Å². The minimum atomic E-state index is -1.16. The molecule has 1 aromatic carbocycles. The molecule has 1 heterocycles. The van der Waals surface area contributed by atoms with Crippen molar-refractivity contribution >= 4 is 23.3 Å². The number of carboxylic acid groups (broad SMARTS) is 1. The molecule has 0 unspecified atom stereocenters. The minimum Gasteiger partial charge on any atom is -0.476 e. The second-order valence-corrected chi connectivity index (χ2v) is 4.11. The third-order valence-electron chi connectivity index (χ3n) is 2.47. The van der Waals surface area contributed by atoms with E-state index in [2.05, 4.69) is 5.10 Å². The van der Waals surface area contributed by atoms with Crippen molar-refractivity contribution in [2.75, 3.05) is 0 Å². The predicted octanol–water partition coefficient (Wildman–Crippen LogP) is 2.19. The lowest BCUT2D eigenvalue weighted by Gasteiger charge is -2.05. The lowest BCUT2D eigenvalue weighted by molar-refractivity contribution is -0.385. The Labute approximate surface area is 112 Å². The number of rotatable bonds is 4. The number of nitro benzene ring substituents is 1. The molecule has 0 bridgehead atoms. The van der Waals surface area contributed by atoms with Gasteiger partial charge >= 0.3 is 5.97 Å². The van der Waals surface area contributed by atoms with Gasteiger partial charge in [-0.2, -0.15) is 5.10 Å². The van der Waals surface area contributed by atoms with Gasteiger partial charge in [-0.3, -0.25) is 14.8 Å². The van der Waals surface area contributed by atoms with Crippen molar-refractivity contribution in [2.45, 2.75) is 6.54 Å². The number of nitrogens with zero attached hydrogens (tertiary/aromatic N) is 3. The van der Waals surface area contributed by atoms with Crippen LogP contribution in [0.2, 0.25) is 5.02 Å². The summed E-state index contributed by atoms with van der Waals surface area (Å²) < 4.78 is 1.29. The number of carboxylic acids is 1. The number of hydrogen-bond acceptors (Lipinski definition) is 4. The number of carbonyl (C=O) groups is 1. The van der Waals surface area contributed by atoms with Gasteiger partial charge in [-0.15, -0.1) is 0 Å². The van der Waals surface area contributed by atoms with Crippen molar-refractivity contribution in [3.8, 4) is 0 Å². The average Bonchev–Trinajstić information content (AvgIpc) is 2.80. The quantitative estimate of drug-likeness (QED) is 0.684. The molecule has 1 N–H and O–H groups in total. The molecule has 0 spiro atoms. The van der Waals surface area contributed by atoms with Gasteiger partial charge in [-0.1, -0.05) is 17.7 Å². The number of hydrogen-bond donors (Lipinski definition) is 1. The molecule has 0 radical (unpaired) electrons. The van der Waals surface area contributed by atoms with E-state index in [-0.39, 0.29) is 28.5 Å². The fraction of sp³-hybridized carbons (Fsp3) is 0.0909. The molecule has 0 fully saturated rings. The second-order valence-electron chi connectivity index (χ2n) is 3.70. The molecule has 98 valence electrons. The Kier molecular flexibility index (Phi) is 3.48. The first kappa shape index (κ1) is 13.0. The molecule has 1 aromatic heterocycles. The smallest absolute Gasteiger partial charge is 0.356 e. The van der Waals surface area contributed by atoms with Crippen LogP contribution in [0.5, 0.6) is 0 Å². The molecule has 0 saturated heterocycles. The summed E-state index contributed by atoms with van der Waals surface area (Å²) >= 11 is 5.93. The molecule has 0 aliphatic carbocycles. The Morgan fingerprint density at radius 2 is 2.21 bits per heavy atom. The van der Waals surface area contributed by atoms with E-state index >= 15 is 0 Å². The summed E-state index contributed by atoms with van der Waals surface area (Å²) in [5, 5.41) is 23.7. The van der Waals surface area contributed by atoms with E-state index < -0.39 is 10.9 Å². The van der Waals surface area contributed by atoms with Gasteiger partial charge in [0.2, 0.25) is 0 Å².